The summed E-state index contributed by atoms with van der Waals surface area (Å²) in [4.78, 5) is 0. The van der Waals surface area contributed by atoms with Crippen molar-refractivity contribution in [3.63, 3.8) is 0 Å². The van der Waals surface area contributed by atoms with E-state index in [0.717, 1.165) is 22.5 Å². The highest BCUT2D eigenvalue weighted by Crippen LogP contribution is 2.26. The predicted molar refractivity (Wildman–Crippen MR) is 77.1 cm³/mol. The first-order chi connectivity index (χ1) is 8.66. The van der Waals surface area contributed by atoms with Gasteiger partial charge in [0.25, 0.3) is 0 Å². The lowest BCUT2D eigenvalue weighted by Gasteiger charge is -2.24. The molecule has 3 heteroatoms. The molecule has 1 aromatic rings. The van der Waals surface area contributed by atoms with E-state index in [1.54, 1.807) is 0 Å². The molecule has 1 fully saturated rings. The fraction of sp³-hybridized carbons (Fsp3) is 0.600. The standard InChI is InChI=1S/C15H21BrFN/c1-11(14-8-7-13(17)9-15(14)16)18-10-12-5-3-2-4-6-12/h7-9,11-12,18H,2-6,10H2,1H3. The molecule has 1 atom stereocenters. The van der Waals surface area contributed by atoms with Crippen LogP contribution in [0, 0.1) is 11.7 Å². The van der Waals surface area contributed by atoms with E-state index in [2.05, 4.69) is 28.2 Å². The molecule has 1 aliphatic carbocycles. The van der Waals surface area contributed by atoms with Crippen LogP contribution in [-0.2, 0) is 0 Å². The Labute approximate surface area is 117 Å². The van der Waals surface area contributed by atoms with E-state index in [-0.39, 0.29) is 11.9 Å². The van der Waals surface area contributed by atoms with Gasteiger partial charge in [-0.05, 0) is 49.9 Å². The first-order valence-electron chi connectivity index (χ1n) is 6.85. The van der Waals surface area contributed by atoms with Crippen LogP contribution in [-0.4, -0.2) is 6.54 Å². The van der Waals surface area contributed by atoms with Crippen molar-refractivity contribution in [2.75, 3.05) is 6.54 Å². The molecule has 0 aromatic heterocycles. The van der Waals surface area contributed by atoms with Crippen LogP contribution < -0.4 is 5.32 Å². The summed E-state index contributed by atoms with van der Waals surface area (Å²) in [6.07, 6.45) is 6.85. The topological polar surface area (TPSA) is 12.0 Å². The Bertz CT molecular complexity index is 388. The lowest BCUT2D eigenvalue weighted by atomic mass is 9.89. The molecular weight excluding hydrogens is 293 g/mol. The van der Waals surface area contributed by atoms with Crippen molar-refractivity contribution in [3.8, 4) is 0 Å². The van der Waals surface area contributed by atoms with Crippen LogP contribution in [0.3, 0.4) is 0 Å². The van der Waals surface area contributed by atoms with Gasteiger partial charge in [0.15, 0.2) is 0 Å². The van der Waals surface area contributed by atoms with Gasteiger partial charge in [0.1, 0.15) is 5.82 Å². The molecule has 0 saturated heterocycles. The summed E-state index contributed by atoms with van der Waals surface area (Å²) in [6.45, 7) is 3.21. The molecule has 18 heavy (non-hydrogen) atoms. The minimum absolute atomic E-state index is 0.190. The first-order valence-corrected chi connectivity index (χ1v) is 7.64. The van der Waals surface area contributed by atoms with Gasteiger partial charge in [-0.3, -0.25) is 0 Å². The third-order valence-electron chi connectivity index (χ3n) is 3.87. The molecule has 1 saturated carbocycles. The van der Waals surface area contributed by atoms with Gasteiger partial charge in [0.2, 0.25) is 0 Å². The maximum atomic E-state index is 13.0. The van der Waals surface area contributed by atoms with Crippen molar-refractivity contribution >= 4 is 15.9 Å². The smallest absolute Gasteiger partial charge is 0.124 e. The molecule has 0 aliphatic heterocycles. The number of nitrogens with one attached hydrogen (secondary N) is 1. The predicted octanol–water partition coefficient (Wildman–Crippen LogP) is 4.82. The zero-order chi connectivity index (χ0) is 13.0. The zero-order valence-electron chi connectivity index (χ0n) is 10.9. The maximum Gasteiger partial charge on any atom is 0.124 e. The molecule has 1 unspecified atom stereocenters. The Morgan fingerprint density at radius 2 is 2.06 bits per heavy atom. The van der Waals surface area contributed by atoms with Gasteiger partial charge in [-0.15, -0.1) is 0 Å². The van der Waals surface area contributed by atoms with Crippen LogP contribution in [0.5, 0.6) is 0 Å². The Balaban J connectivity index is 1.88. The molecule has 100 valence electrons. The van der Waals surface area contributed by atoms with E-state index in [1.807, 2.05) is 6.07 Å². The van der Waals surface area contributed by atoms with E-state index in [4.69, 9.17) is 0 Å². The highest BCUT2D eigenvalue weighted by atomic mass is 79.9. The van der Waals surface area contributed by atoms with E-state index in [1.165, 1.54) is 44.2 Å². The minimum atomic E-state index is -0.190. The molecule has 0 amide bonds. The summed E-state index contributed by atoms with van der Waals surface area (Å²) in [7, 11) is 0. The van der Waals surface area contributed by atoms with Crippen molar-refractivity contribution in [1.29, 1.82) is 0 Å². The number of halogens is 2. The lowest BCUT2D eigenvalue weighted by molar-refractivity contribution is 0.331. The summed E-state index contributed by atoms with van der Waals surface area (Å²) in [5, 5.41) is 3.58. The van der Waals surface area contributed by atoms with Crippen LogP contribution >= 0.6 is 15.9 Å². The molecule has 0 spiro atoms. The molecule has 2 rings (SSSR count). The Morgan fingerprint density at radius 1 is 1.33 bits per heavy atom. The SMILES string of the molecule is CC(NCC1CCCCC1)c1ccc(F)cc1Br. The second-order valence-corrected chi connectivity index (χ2v) is 6.15. The number of benzene rings is 1. The summed E-state index contributed by atoms with van der Waals surface area (Å²) >= 11 is 3.43. The van der Waals surface area contributed by atoms with Gasteiger partial charge in [0, 0.05) is 10.5 Å². The number of hydrogen-bond donors (Lipinski definition) is 1. The van der Waals surface area contributed by atoms with E-state index >= 15 is 0 Å². The number of hydrogen-bond acceptors (Lipinski definition) is 1. The first kappa shape index (κ1) is 14.0. The molecule has 0 heterocycles. The third-order valence-corrected chi connectivity index (χ3v) is 4.55. The van der Waals surface area contributed by atoms with Gasteiger partial charge in [0.05, 0.1) is 0 Å². The highest BCUT2D eigenvalue weighted by Gasteiger charge is 2.15. The summed E-state index contributed by atoms with van der Waals surface area (Å²) in [5.41, 5.74) is 1.13. The summed E-state index contributed by atoms with van der Waals surface area (Å²) in [5.74, 6) is 0.630. The van der Waals surface area contributed by atoms with Gasteiger partial charge < -0.3 is 5.32 Å². The van der Waals surface area contributed by atoms with Crippen molar-refractivity contribution in [1.82, 2.24) is 5.32 Å². The molecule has 0 bridgehead atoms. The summed E-state index contributed by atoms with van der Waals surface area (Å²) in [6, 6.07) is 5.19. The van der Waals surface area contributed by atoms with Crippen LogP contribution in [0.15, 0.2) is 22.7 Å². The zero-order valence-corrected chi connectivity index (χ0v) is 12.5. The number of rotatable bonds is 4. The van der Waals surface area contributed by atoms with Crippen LogP contribution in [0.4, 0.5) is 4.39 Å². The average Bonchev–Trinajstić information content (AvgIpc) is 2.37. The fourth-order valence-corrected chi connectivity index (χ4v) is 3.39. The second kappa shape index (κ2) is 6.67. The van der Waals surface area contributed by atoms with Crippen LogP contribution in [0.2, 0.25) is 0 Å². The van der Waals surface area contributed by atoms with Crippen LogP contribution in [0.1, 0.15) is 50.6 Å². The van der Waals surface area contributed by atoms with Crippen molar-refractivity contribution < 1.29 is 4.39 Å². The van der Waals surface area contributed by atoms with E-state index in [9.17, 15) is 4.39 Å². The third kappa shape index (κ3) is 3.79. The van der Waals surface area contributed by atoms with E-state index < -0.39 is 0 Å². The molecule has 0 radical (unpaired) electrons. The fourth-order valence-electron chi connectivity index (χ4n) is 2.70. The van der Waals surface area contributed by atoms with Gasteiger partial charge in [-0.1, -0.05) is 41.3 Å². The summed E-state index contributed by atoms with van der Waals surface area (Å²) < 4.78 is 13.9. The lowest BCUT2D eigenvalue weighted by Crippen LogP contribution is -2.27. The second-order valence-electron chi connectivity index (χ2n) is 5.30. The van der Waals surface area contributed by atoms with Gasteiger partial charge in [-0.25, -0.2) is 4.39 Å². The van der Waals surface area contributed by atoms with Crippen molar-refractivity contribution in [2.45, 2.75) is 45.1 Å². The molecule has 1 N–H and O–H groups in total. The van der Waals surface area contributed by atoms with Gasteiger partial charge >= 0.3 is 0 Å². The molecule has 1 aromatic carbocycles. The monoisotopic (exact) mass is 313 g/mol. The van der Waals surface area contributed by atoms with Gasteiger partial charge in [-0.2, -0.15) is 0 Å². The van der Waals surface area contributed by atoms with E-state index in [0.29, 0.717) is 0 Å². The van der Waals surface area contributed by atoms with Crippen molar-refractivity contribution in [3.05, 3.63) is 34.1 Å². The van der Waals surface area contributed by atoms with Crippen LogP contribution in [0.25, 0.3) is 0 Å². The molecule has 1 aliphatic rings. The largest absolute Gasteiger partial charge is 0.310 e. The Hall–Kier alpha value is -0.410. The Kier molecular flexibility index (Phi) is 5.19. The minimum Gasteiger partial charge on any atom is -0.310 e. The maximum absolute atomic E-state index is 13.0. The van der Waals surface area contributed by atoms with Crippen molar-refractivity contribution in [2.24, 2.45) is 5.92 Å². The molecule has 1 nitrogen and oxygen atoms in total. The average molecular weight is 314 g/mol. The highest BCUT2D eigenvalue weighted by molar-refractivity contribution is 9.10. The quantitative estimate of drug-likeness (QED) is 0.840. The normalized spacial score (nSPS) is 18.8. The molecular formula is C15H21BrFN. The Morgan fingerprint density at radius 3 is 2.72 bits per heavy atom.